The highest BCUT2D eigenvalue weighted by molar-refractivity contribution is 7.89. The maximum atomic E-state index is 13.0. The van der Waals surface area contributed by atoms with Crippen molar-refractivity contribution in [1.29, 1.82) is 0 Å². The van der Waals surface area contributed by atoms with Crippen LogP contribution < -0.4 is 5.32 Å². The third-order valence-electron chi connectivity index (χ3n) is 3.97. The molecule has 1 aliphatic rings. The molecule has 0 fully saturated rings. The molecule has 2 aromatic rings. The van der Waals surface area contributed by atoms with Gasteiger partial charge in [0, 0.05) is 20.2 Å². The van der Waals surface area contributed by atoms with E-state index in [1.54, 1.807) is 19.1 Å². The lowest BCUT2D eigenvalue weighted by atomic mass is 10.2. The van der Waals surface area contributed by atoms with E-state index in [-0.39, 0.29) is 38.0 Å². The number of nitrogens with zero attached hydrogens (tertiary/aromatic N) is 2. The van der Waals surface area contributed by atoms with Gasteiger partial charge in [-0.2, -0.15) is 0 Å². The molecule has 0 saturated heterocycles. The largest absolute Gasteiger partial charge is 0.511 e. The average Bonchev–Trinajstić information content (AvgIpc) is 3.10. The summed E-state index contributed by atoms with van der Waals surface area (Å²) in [7, 11) is -2.87. The zero-order valence-electron chi connectivity index (χ0n) is 16.6. The predicted molar refractivity (Wildman–Crippen MR) is 113 cm³/mol. The van der Waals surface area contributed by atoms with Crippen LogP contribution in [-0.2, 0) is 29.0 Å². The van der Waals surface area contributed by atoms with Gasteiger partial charge in [-0.1, -0.05) is 17.7 Å². The second-order valence-electron chi connectivity index (χ2n) is 6.05. The number of hydrogen-bond donors (Lipinski definition) is 1. The molecule has 3 heterocycles. The summed E-state index contributed by atoms with van der Waals surface area (Å²) >= 11 is 6.96. The smallest absolute Gasteiger partial charge is 0.451 e. The Bertz CT molecular complexity index is 1130. The Balaban J connectivity index is 2.06. The van der Waals surface area contributed by atoms with Crippen LogP contribution in [0.2, 0.25) is 4.34 Å². The van der Waals surface area contributed by atoms with Gasteiger partial charge in [0.15, 0.2) is 11.5 Å². The Morgan fingerprint density at radius 3 is 2.74 bits per heavy atom. The van der Waals surface area contributed by atoms with Crippen LogP contribution in [0.1, 0.15) is 18.7 Å². The van der Waals surface area contributed by atoms with Crippen molar-refractivity contribution in [3.63, 3.8) is 0 Å². The number of sulfonamides is 1. The molecule has 0 radical (unpaired) electrons. The van der Waals surface area contributed by atoms with Crippen molar-refractivity contribution >= 4 is 56.6 Å². The number of anilines is 1. The first-order chi connectivity index (χ1) is 14.6. The highest BCUT2D eigenvalue weighted by Gasteiger charge is 2.41. The zero-order valence-corrected chi connectivity index (χ0v) is 19.0. The van der Waals surface area contributed by atoms with Gasteiger partial charge in [0.2, 0.25) is 6.29 Å². The first-order valence-corrected chi connectivity index (χ1v) is 11.5. The molecule has 1 N–H and O–H groups in total. The number of likely N-dealkylation sites (N-methyl/N-ethyl adjacent to an activating group) is 1. The summed E-state index contributed by atoms with van der Waals surface area (Å²) in [5.41, 5.74) is -0.323. The molecule has 1 aliphatic heterocycles. The number of carbonyl (C=O) groups excluding carboxylic acids is 2. The van der Waals surface area contributed by atoms with Crippen molar-refractivity contribution < 1.29 is 32.2 Å². The minimum absolute atomic E-state index is 0.0949. The second-order valence-corrected chi connectivity index (χ2v) is 9.67. The Morgan fingerprint density at radius 1 is 1.35 bits per heavy atom. The highest BCUT2D eigenvalue weighted by atomic mass is 35.5. The minimum atomic E-state index is -4.08. The number of halogens is 1. The fraction of sp³-hybridized carbons (Fsp3) is 0.278. The van der Waals surface area contributed by atoms with Gasteiger partial charge in [0.1, 0.15) is 10.7 Å². The topological polar surface area (TPSA) is 124 Å². The van der Waals surface area contributed by atoms with E-state index in [0.29, 0.717) is 0 Å². The van der Waals surface area contributed by atoms with E-state index in [0.717, 1.165) is 15.6 Å². The normalized spacial score (nSPS) is 15.7. The Hall–Kier alpha value is -2.83. The van der Waals surface area contributed by atoms with Gasteiger partial charge in [-0.15, -0.1) is 11.3 Å². The number of thiophene rings is 1. The molecule has 0 spiro atoms. The van der Waals surface area contributed by atoms with Gasteiger partial charge in [-0.25, -0.2) is 18.2 Å². The number of nitrogens with one attached hydrogen (secondary N) is 1. The number of pyridine rings is 1. The van der Waals surface area contributed by atoms with Crippen LogP contribution in [0.25, 0.3) is 5.76 Å². The molecule has 1 unspecified atom stereocenters. The highest BCUT2D eigenvalue weighted by Crippen LogP contribution is 2.43. The van der Waals surface area contributed by atoms with E-state index in [9.17, 15) is 18.0 Å². The van der Waals surface area contributed by atoms with Crippen LogP contribution in [0.4, 0.5) is 10.6 Å². The number of rotatable bonds is 6. The molecule has 0 saturated carbocycles. The van der Waals surface area contributed by atoms with Crippen molar-refractivity contribution in [2.45, 2.75) is 25.0 Å². The quantitative estimate of drug-likeness (QED) is 0.486. The van der Waals surface area contributed by atoms with E-state index < -0.39 is 28.4 Å². The maximum absolute atomic E-state index is 13.0. The van der Waals surface area contributed by atoms with Crippen LogP contribution in [0.15, 0.2) is 41.1 Å². The number of hydrogen-bond acceptors (Lipinski definition) is 9. The fourth-order valence-electron chi connectivity index (χ4n) is 2.66. The minimum Gasteiger partial charge on any atom is -0.451 e. The third-order valence-corrected chi connectivity index (χ3v) is 7.15. The molecule has 1 amide bonds. The van der Waals surface area contributed by atoms with Crippen molar-refractivity contribution in [2.24, 2.45) is 0 Å². The predicted octanol–water partition coefficient (Wildman–Crippen LogP) is 3.27. The van der Waals surface area contributed by atoms with Gasteiger partial charge in [0.25, 0.3) is 15.9 Å². The molecule has 0 aliphatic carbocycles. The van der Waals surface area contributed by atoms with Gasteiger partial charge in [-0.3, -0.25) is 9.10 Å². The van der Waals surface area contributed by atoms with E-state index in [1.807, 2.05) is 0 Å². The SMILES string of the molecule is CCOC(=O)OC(C)OC1=C(C(=O)Nc2ccccn2)N(C)S(=O)(=O)c2cc(Cl)sc21. The van der Waals surface area contributed by atoms with Crippen molar-refractivity contribution in [3.8, 4) is 0 Å². The Kier molecular flexibility index (Phi) is 6.72. The molecule has 2 aromatic heterocycles. The van der Waals surface area contributed by atoms with E-state index in [2.05, 4.69) is 10.3 Å². The van der Waals surface area contributed by atoms with E-state index in [4.69, 9.17) is 25.8 Å². The lowest BCUT2D eigenvalue weighted by Crippen LogP contribution is -2.37. The molecule has 0 bridgehead atoms. The van der Waals surface area contributed by atoms with Crippen LogP contribution >= 0.6 is 22.9 Å². The summed E-state index contributed by atoms with van der Waals surface area (Å²) in [4.78, 5) is 28.6. The molecule has 166 valence electrons. The van der Waals surface area contributed by atoms with Crippen molar-refractivity contribution in [3.05, 3.63) is 45.4 Å². The van der Waals surface area contributed by atoms with Crippen LogP contribution in [0, 0.1) is 0 Å². The molecule has 0 aromatic carbocycles. The summed E-state index contributed by atoms with van der Waals surface area (Å²) in [6, 6.07) is 6.12. The summed E-state index contributed by atoms with van der Waals surface area (Å²) in [5, 5.41) is 2.53. The number of ether oxygens (including phenoxy) is 3. The third kappa shape index (κ3) is 4.75. The summed E-state index contributed by atoms with van der Waals surface area (Å²) in [6.45, 7) is 3.10. The van der Waals surface area contributed by atoms with Crippen LogP contribution in [0.5, 0.6) is 0 Å². The summed E-state index contributed by atoms with van der Waals surface area (Å²) < 4.78 is 42.3. The van der Waals surface area contributed by atoms with E-state index >= 15 is 0 Å². The number of fused-ring (bicyclic) bond motifs is 1. The van der Waals surface area contributed by atoms with Gasteiger partial charge >= 0.3 is 6.16 Å². The summed E-state index contributed by atoms with van der Waals surface area (Å²) in [6.07, 6.45) is -0.708. The zero-order chi connectivity index (χ0) is 22.8. The van der Waals surface area contributed by atoms with Crippen molar-refractivity contribution in [2.75, 3.05) is 19.0 Å². The van der Waals surface area contributed by atoms with Crippen LogP contribution in [-0.4, -0.2) is 49.7 Å². The molecule has 3 rings (SSSR count). The fourth-order valence-corrected chi connectivity index (χ4v) is 5.64. The standard InChI is InChI=1S/C18H18ClN3O7S2/c1-4-27-18(24)29-10(2)28-15-14(17(23)21-13-7-5-6-8-20-13)22(3)31(25,26)11-9-12(19)30-16(11)15/h5-10H,4H2,1-3H3,(H,20,21,23). The number of aromatic nitrogens is 1. The Labute approximate surface area is 187 Å². The van der Waals surface area contributed by atoms with Gasteiger partial charge in [0.05, 0.1) is 15.8 Å². The summed E-state index contributed by atoms with van der Waals surface area (Å²) in [5.74, 6) is -0.705. The molecular formula is C18H18ClN3O7S2. The van der Waals surface area contributed by atoms with Crippen molar-refractivity contribution in [1.82, 2.24) is 9.29 Å². The monoisotopic (exact) mass is 487 g/mol. The molecule has 13 heteroatoms. The molecule has 31 heavy (non-hydrogen) atoms. The first-order valence-electron chi connectivity index (χ1n) is 8.90. The Morgan fingerprint density at radius 2 is 2.10 bits per heavy atom. The van der Waals surface area contributed by atoms with Crippen LogP contribution in [0.3, 0.4) is 0 Å². The average molecular weight is 488 g/mol. The van der Waals surface area contributed by atoms with E-state index in [1.165, 1.54) is 32.3 Å². The molecule has 10 nitrogen and oxygen atoms in total. The lowest BCUT2D eigenvalue weighted by Gasteiger charge is -2.29. The molecular weight excluding hydrogens is 470 g/mol. The lowest BCUT2D eigenvalue weighted by molar-refractivity contribution is -0.114. The second kappa shape index (κ2) is 9.12. The number of amides is 1. The first kappa shape index (κ1) is 22.8. The van der Waals surface area contributed by atoms with Gasteiger partial charge < -0.3 is 19.5 Å². The maximum Gasteiger partial charge on any atom is 0.511 e. The van der Waals surface area contributed by atoms with Gasteiger partial charge in [-0.05, 0) is 25.1 Å². The number of carbonyl (C=O) groups is 2. The molecule has 1 atom stereocenters.